The minimum atomic E-state index is 0.0497. The number of morpholine rings is 1. The van der Waals surface area contributed by atoms with Gasteiger partial charge in [-0.2, -0.15) is 5.10 Å². The first kappa shape index (κ1) is 14.5. The molecule has 0 unspecified atom stereocenters. The van der Waals surface area contributed by atoms with Crippen LogP contribution < -0.4 is 0 Å². The molecular formula is C18H21N3O2. The third-order valence-electron chi connectivity index (χ3n) is 4.76. The molecule has 2 aromatic rings. The summed E-state index contributed by atoms with van der Waals surface area (Å²) in [6.45, 7) is 3.89. The lowest BCUT2D eigenvalue weighted by molar-refractivity contribution is 0.00319. The van der Waals surface area contributed by atoms with Crippen LogP contribution in [0.2, 0.25) is 0 Å². The fourth-order valence-corrected chi connectivity index (χ4v) is 3.56. The maximum absolute atomic E-state index is 13.0. The zero-order valence-electron chi connectivity index (χ0n) is 13.4. The van der Waals surface area contributed by atoms with Gasteiger partial charge in [0.1, 0.15) is 0 Å². The molecule has 4 rings (SSSR count). The number of amides is 1. The van der Waals surface area contributed by atoms with Gasteiger partial charge in [-0.05, 0) is 38.3 Å². The van der Waals surface area contributed by atoms with E-state index in [4.69, 9.17) is 9.84 Å². The molecule has 1 amide bonds. The second-order valence-corrected chi connectivity index (χ2v) is 6.30. The summed E-state index contributed by atoms with van der Waals surface area (Å²) in [4.78, 5) is 14.9. The smallest absolute Gasteiger partial charge is 0.275 e. The van der Waals surface area contributed by atoms with Crippen molar-refractivity contribution < 1.29 is 9.53 Å². The van der Waals surface area contributed by atoms with Crippen LogP contribution in [0, 0.1) is 0 Å². The van der Waals surface area contributed by atoms with Crippen molar-refractivity contribution in [2.45, 2.75) is 32.2 Å². The highest BCUT2D eigenvalue weighted by Crippen LogP contribution is 2.29. The van der Waals surface area contributed by atoms with Gasteiger partial charge in [-0.1, -0.05) is 18.2 Å². The number of nitrogens with zero attached hydrogens (tertiary/aromatic N) is 3. The molecule has 1 aromatic carbocycles. The van der Waals surface area contributed by atoms with Crippen molar-refractivity contribution in [3.05, 3.63) is 47.3 Å². The number of benzene rings is 1. The zero-order chi connectivity index (χ0) is 15.8. The fourth-order valence-electron chi connectivity index (χ4n) is 3.56. The zero-order valence-corrected chi connectivity index (χ0v) is 13.4. The number of ether oxygens (including phenoxy) is 1. The van der Waals surface area contributed by atoms with Gasteiger partial charge in [0.2, 0.25) is 0 Å². The first-order valence-electron chi connectivity index (χ1n) is 8.30. The van der Waals surface area contributed by atoms with Crippen molar-refractivity contribution in [2.24, 2.45) is 0 Å². The van der Waals surface area contributed by atoms with Crippen molar-refractivity contribution in [3.8, 4) is 5.69 Å². The summed E-state index contributed by atoms with van der Waals surface area (Å²) < 4.78 is 7.40. The van der Waals surface area contributed by atoms with E-state index in [0.717, 1.165) is 30.5 Å². The van der Waals surface area contributed by atoms with E-state index in [1.54, 1.807) is 0 Å². The summed E-state index contributed by atoms with van der Waals surface area (Å²) in [7, 11) is 0. The summed E-state index contributed by atoms with van der Waals surface area (Å²) >= 11 is 0. The van der Waals surface area contributed by atoms with Crippen LogP contribution in [-0.2, 0) is 17.6 Å². The number of para-hydroxylation sites is 1. The minimum absolute atomic E-state index is 0.0497. The van der Waals surface area contributed by atoms with E-state index in [0.29, 0.717) is 25.5 Å². The van der Waals surface area contributed by atoms with Crippen LogP contribution in [0.1, 0.15) is 35.1 Å². The maximum atomic E-state index is 13.0. The monoisotopic (exact) mass is 311 g/mol. The predicted octanol–water partition coefficient (Wildman–Crippen LogP) is 2.22. The van der Waals surface area contributed by atoms with Gasteiger partial charge in [0, 0.05) is 17.8 Å². The molecule has 1 aromatic heterocycles. The maximum Gasteiger partial charge on any atom is 0.275 e. The Labute approximate surface area is 135 Å². The Morgan fingerprint density at radius 3 is 2.87 bits per heavy atom. The summed E-state index contributed by atoms with van der Waals surface area (Å²) in [5.74, 6) is 0.0497. The Kier molecular flexibility index (Phi) is 3.65. The second-order valence-electron chi connectivity index (χ2n) is 6.30. The van der Waals surface area contributed by atoms with E-state index < -0.39 is 0 Å². The van der Waals surface area contributed by atoms with E-state index in [1.165, 1.54) is 5.69 Å². The van der Waals surface area contributed by atoms with Crippen LogP contribution in [0.4, 0.5) is 0 Å². The van der Waals surface area contributed by atoms with Crippen LogP contribution in [0.5, 0.6) is 0 Å². The van der Waals surface area contributed by atoms with Crippen LogP contribution in [0.15, 0.2) is 30.3 Å². The molecule has 23 heavy (non-hydrogen) atoms. The van der Waals surface area contributed by atoms with Crippen molar-refractivity contribution in [2.75, 3.05) is 19.8 Å². The van der Waals surface area contributed by atoms with E-state index in [9.17, 15) is 4.79 Å². The van der Waals surface area contributed by atoms with Crippen LogP contribution in [0.25, 0.3) is 5.69 Å². The fraction of sp³-hybridized carbons (Fsp3) is 0.444. The normalized spacial score (nSPS) is 20.6. The van der Waals surface area contributed by atoms with Gasteiger partial charge in [-0.3, -0.25) is 4.79 Å². The van der Waals surface area contributed by atoms with Gasteiger partial charge >= 0.3 is 0 Å². The van der Waals surface area contributed by atoms with Gasteiger partial charge in [0.25, 0.3) is 5.91 Å². The van der Waals surface area contributed by atoms with Gasteiger partial charge in [0.15, 0.2) is 5.69 Å². The largest absolute Gasteiger partial charge is 0.377 e. The molecule has 0 N–H and O–H groups in total. The lowest BCUT2D eigenvalue weighted by atomic mass is 10.1. The standard InChI is InChI=1S/C18H21N3O2/c1-13-12-23-11-10-20(13)18(22)17-15-8-5-9-16(15)21(19-17)14-6-3-2-4-7-14/h2-4,6-7,13H,5,8-12H2,1H3/t13-/m1/s1. The quantitative estimate of drug-likeness (QED) is 0.854. The van der Waals surface area contributed by atoms with Gasteiger partial charge in [-0.25, -0.2) is 4.68 Å². The number of hydrogen-bond acceptors (Lipinski definition) is 3. The van der Waals surface area contributed by atoms with Crippen molar-refractivity contribution in [1.82, 2.24) is 14.7 Å². The summed E-state index contributed by atoms with van der Waals surface area (Å²) in [5.41, 5.74) is 3.99. The lowest BCUT2D eigenvalue weighted by Crippen LogP contribution is -2.47. The van der Waals surface area contributed by atoms with E-state index >= 15 is 0 Å². The summed E-state index contributed by atoms with van der Waals surface area (Å²) in [5, 5.41) is 4.70. The van der Waals surface area contributed by atoms with E-state index in [-0.39, 0.29) is 11.9 Å². The van der Waals surface area contributed by atoms with Gasteiger partial charge in [0.05, 0.1) is 24.9 Å². The molecule has 1 aliphatic heterocycles. The Hall–Kier alpha value is -2.14. The first-order chi connectivity index (χ1) is 11.3. The molecule has 0 spiro atoms. The molecule has 5 heteroatoms. The second kappa shape index (κ2) is 5.81. The van der Waals surface area contributed by atoms with E-state index in [2.05, 4.69) is 0 Å². The Balaban J connectivity index is 1.74. The van der Waals surface area contributed by atoms with Crippen LogP contribution >= 0.6 is 0 Å². The first-order valence-corrected chi connectivity index (χ1v) is 8.30. The summed E-state index contributed by atoms with van der Waals surface area (Å²) in [6, 6.07) is 10.2. The number of carbonyl (C=O) groups excluding carboxylic acids is 1. The highest BCUT2D eigenvalue weighted by molar-refractivity contribution is 5.94. The average Bonchev–Trinajstić information content (AvgIpc) is 3.18. The molecule has 5 nitrogen and oxygen atoms in total. The lowest BCUT2D eigenvalue weighted by Gasteiger charge is -2.32. The molecule has 1 aliphatic carbocycles. The highest BCUT2D eigenvalue weighted by atomic mass is 16.5. The number of aromatic nitrogens is 2. The highest BCUT2D eigenvalue weighted by Gasteiger charge is 2.32. The molecule has 1 saturated heterocycles. The van der Waals surface area contributed by atoms with Gasteiger partial charge < -0.3 is 9.64 Å². The molecule has 0 bridgehead atoms. The molecule has 120 valence electrons. The Bertz CT molecular complexity index is 723. The van der Waals surface area contributed by atoms with Crippen molar-refractivity contribution >= 4 is 5.91 Å². The van der Waals surface area contributed by atoms with Crippen molar-refractivity contribution in [1.29, 1.82) is 0 Å². The predicted molar refractivity (Wildman–Crippen MR) is 86.9 cm³/mol. The third-order valence-corrected chi connectivity index (χ3v) is 4.76. The molecule has 2 heterocycles. The number of fused-ring (bicyclic) bond motifs is 1. The Morgan fingerprint density at radius 1 is 1.26 bits per heavy atom. The molecule has 1 fully saturated rings. The topological polar surface area (TPSA) is 47.4 Å². The number of carbonyl (C=O) groups is 1. The average molecular weight is 311 g/mol. The summed E-state index contributed by atoms with van der Waals surface area (Å²) in [6.07, 6.45) is 3.03. The molecule has 0 radical (unpaired) electrons. The number of hydrogen-bond donors (Lipinski definition) is 0. The van der Waals surface area contributed by atoms with Crippen LogP contribution in [0.3, 0.4) is 0 Å². The number of rotatable bonds is 2. The van der Waals surface area contributed by atoms with Crippen LogP contribution in [-0.4, -0.2) is 46.4 Å². The van der Waals surface area contributed by atoms with Crippen molar-refractivity contribution in [3.63, 3.8) is 0 Å². The third kappa shape index (κ3) is 2.45. The molecule has 1 atom stereocenters. The SMILES string of the molecule is C[C@@H]1COCCN1C(=O)c1nn(-c2ccccc2)c2c1CCC2. The van der Waals surface area contributed by atoms with E-state index in [1.807, 2.05) is 46.8 Å². The molecule has 0 saturated carbocycles. The molecular weight excluding hydrogens is 290 g/mol. The molecule has 2 aliphatic rings. The minimum Gasteiger partial charge on any atom is -0.377 e. The van der Waals surface area contributed by atoms with Gasteiger partial charge in [-0.15, -0.1) is 0 Å². The Morgan fingerprint density at radius 2 is 2.09 bits per heavy atom.